The van der Waals surface area contributed by atoms with E-state index in [2.05, 4.69) is 36.3 Å². The van der Waals surface area contributed by atoms with Gasteiger partial charge in [0.1, 0.15) is 0 Å². The quantitative estimate of drug-likeness (QED) is 0.891. The largest absolute Gasteiger partial charge is 0.326 e. The lowest BCUT2D eigenvalue weighted by Gasteiger charge is -2.39. The Morgan fingerprint density at radius 2 is 2.41 bits per heavy atom. The summed E-state index contributed by atoms with van der Waals surface area (Å²) in [5.74, 6) is 0.866. The van der Waals surface area contributed by atoms with Crippen LogP contribution in [0, 0.1) is 5.92 Å². The van der Waals surface area contributed by atoms with Crippen molar-refractivity contribution in [2.24, 2.45) is 11.7 Å². The van der Waals surface area contributed by atoms with Gasteiger partial charge >= 0.3 is 0 Å². The minimum Gasteiger partial charge on any atom is -0.326 e. The van der Waals surface area contributed by atoms with E-state index in [-0.39, 0.29) is 6.04 Å². The summed E-state index contributed by atoms with van der Waals surface area (Å²) >= 11 is 1.84. The van der Waals surface area contributed by atoms with Crippen molar-refractivity contribution >= 4 is 11.3 Å². The lowest BCUT2D eigenvalue weighted by Crippen LogP contribution is -2.44. The summed E-state index contributed by atoms with van der Waals surface area (Å²) in [6.45, 7) is 6.88. The molecule has 1 saturated heterocycles. The maximum atomic E-state index is 6.21. The lowest BCUT2D eigenvalue weighted by molar-refractivity contribution is 0.110. The van der Waals surface area contributed by atoms with Crippen LogP contribution in [-0.2, 0) is 0 Å². The number of nitrogens with two attached hydrogens (primary N) is 1. The molecule has 3 unspecified atom stereocenters. The Balaban J connectivity index is 2.11. The molecule has 0 bridgehead atoms. The fraction of sp³-hybridized carbons (Fsp3) is 0.714. The highest BCUT2D eigenvalue weighted by Crippen LogP contribution is 2.32. The first-order chi connectivity index (χ1) is 8.22. The van der Waals surface area contributed by atoms with Gasteiger partial charge in [-0.05, 0) is 43.7 Å². The normalized spacial score (nSPS) is 25.7. The molecule has 0 amide bonds. The molecule has 2 heterocycles. The molecule has 2 rings (SSSR count). The van der Waals surface area contributed by atoms with Crippen molar-refractivity contribution in [1.29, 1.82) is 0 Å². The first-order valence-electron chi connectivity index (χ1n) is 6.75. The van der Waals surface area contributed by atoms with Crippen LogP contribution in [0.5, 0.6) is 0 Å². The van der Waals surface area contributed by atoms with E-state index in [1.165, 1.54) is 37.2 Å². The third-order valence-corrected chi connectivity index (χ3v) is 4.80. The van der Waals surface area contributed by atoms with E-state index in [1.807, 2.05) is 11.3 Å². The van der Waals surface area contributed by atoms with Crippen molar-refractivity contribution in [1.82, 2.24) is 4.90 Å². The van der Waals surface area contributed by atoms with E-state index in [0.717, 1.165) is 5.92 Å². The molecule has 1 aromatic heterocycles. The average Bonchev–Trinajstić information content (AvgIpc) is 2.83. The van der Waals surface area contributed by atoms with Crippen LogP contribution in [0.3, 0.4) is 0 Å². The van der Waals surface area contributed by atoms with Gasteiger partial charge in [-0.15, -0.1) is 11.3 Å². The van der Waals surface area contributed by atoms with Gasteiger partial charge in [0.05, 0.1) is 6.04 Å². The number of piperidine rings is 1. The number of likely N-dealkylation sites (tertiary alicyclic amines) is 1. The van der Waals surface area contributed by atoms with Crippen LogP contribution in [0.25, 0.3) is 0 Å². The fourth-order valence-corrected chi connectivity index (χ4v) is 3.89. The van der Waals surface area contributed by atoms with Crippen LogP contribution in [0.15, 0.2) is 17.5 Å². The third-order valence-electron chi connectivity index (χ3n) is 3.85. The van der Waals surface area contributed by atoms with E-state index >= 15 is 0 Å². The van der Waals surface area contributed by atoms with Crippen LogP contribution in [-0.4, -0.2) is 24.0 Å². The molecule has 3 heteroatoms. The summed E-state index contributed by atoms with van der Waals surface area (Å²) in [5.41, 5.74) is 6.21. The summed E-state index contributed by atoms with van der Waals surface area (Å²) in [4.78, 5) is 4.03. The number of nitrogens with zero attached hydrogens (tertiary/aromatic N) is 1. The first-order valence-corrected chi connectivity index (χ1v) is 7.63. The predicted octanol–water partition coefficient (Wildman–Crippen LogP) is 3.26. The fourth-order valence-electron chi connectivity index (χ4n) is 2.91. The molecule has 1 aliphatic rings. The smallest absolute Gasteiger partial charge is 0.0590 e. The van der Waals surface area contributed by atoms with Crippen molar-refractivity contribution in [3.63, 3.8) is 0 Å². The molecule has 2 N–H and O–H groups in total. The molecular formula is C14H24N2S. The second-order valence-corrected chi connectivity index (χ2v) is 6.21. The van der Waals surface area contributed by atoms with Gasteiger partial charge in [0.2, 0.25) is 0 Å². The van der Waals surface area contributed by atoms with E-state index in [1.54, 1.807) is 0 Å². The molecule has 0 aromatic carbocycles. The molecule has 3 atom stereocenters. The molecule has 0 saturated carbocycles. The van der Waals surface area contributed by atoms with Gasteiger partial charge < -0.3 is 5.73 Å². The molecule has 1 fully saturated rings. The van der Waals surface area contributed by atoms with Crippen LogP contribution in [0.4, 0.5) is 0 Å². The summed E-state index contributed by atoms with van der Waals surface area (Å²) in [7, 11) is 0. The van der Waals surface area contributed by atoms with Crippen molar-refractivity contribution < 1.29 is 0 Å². The number of thiophene rings is 1. The highest BCUT2D eigenvalue weighted by molar-refractivity contribution is 7.10. The maximum Gasteiger partial charge on any atom is 0.0590 e. The maximum absolute atomic E-state index is 6.21. The van der Waals surface area contributed by atoms with Crippen molar-refractivity contribution in [3.8, 4) is 0 Å². The Morgan fingerprint density at radius 3 is 3.00 bits per heavy atom. The van der Waals surface area contributed by atoms with Gasteiger partial charge in [0.25, 0.3) is 0 Å². The van der Waals surface area contributed by atoms with Crippen LogP contribution >= 0.6 is 11.3 Å². The second-order valence-electron chi connectivity index (χ2n) is 5.23. The topological polar surface area (TPSA) is 29.3 Å². The van der Waals surface area contributed by atoms with E-state index < -0.39 is 0 Å². The molecule has 1 aromatic rings. The molecule has 17 heavy (non-hydrogen) atoms. The highest BCUT2D eigenvalue weighted by atomic mass is 32.1. The third kappa shape index (κ3) is 3.09. The van der Waals surface area contributed by atoms with Crippen molar-refractivity contribution in [3.05, 3.63) is 22.4 Å². The minimum atomic E-state index is 0.212. The molecule has 96 valence electrons. The van der Waals surface area contributed by atoms with Crippen molar-refractivity contribution in [2.45, 2.75) is 45.2 Å². The van der Waals surface area contributed by atoms with Gasteiger partial charge in [0.15, 0.2) is 0 Å². The average molecular weight is 252 g/mol. The standard InChI is InChI=1S/C14H24N2S/c1-3-12-6-4-8-16(10-12)14(11(2)15)13-7-5-9-17-13/h5,7,9,11-12,14H,3-4,6,8,10,15H2,1-2H3. The van der Waals surface area contributed by atoms with Gasteiger partial charge in [-0.25, -0.2) is 0 Å². The minimum absolute atomic E-state index is 0.212. The molecule has 0 aliphatic carbocycles. The molecule has 1 aliphatic heterocycles. The molecule has 0 radical (unpaired) electrons. The molecule has 2 nitrogen and oxygen atoms in total. The summed E-state index contributed by atoms with van der Waals surface area (Å²) in [6.07, 6.45) is 4.02. The number of hydrogen-bond acceptors (Lipinski definition) is 3. The van der Waals surface area contributed by atoms with E-state index in [4.69, 9.17) is 5.73 Å². The Bertz CT molecular complexity index is 321. The van der Waals surface area contributed by atoms with Crippen LogP contribution in [0.2, 0.25) is 0 Å². The Morgan fingerprint density at radius 1 is 1.59 bits per heavy atom. The Kier molecular flexibility index (Phi) is 4.60. The zero-order valence-electron chi connectivity index (χ0n) is 10.9. The van der Waals surface area contributed by atoms with Gasteiger partial charge in [-0.2, -0.15) is 0 Å². The number of hydrogen-bond donors (Lipinski definition) is 1. The van der Waals surface area contributed by atoms with E-state index in [9.17, 15) is 0 Å². The lowest BCUT2D eigenvalue weighted by atomic mass is 9.93. The highest BCUT2D eigenvalue weighted by Gasteiger charge is 2.28. The van der Waals surface area contributed by atoms with E-state index in [0.29, 0.717) is 6.04 Å². The van der Waals surface area contributed by atoms with Gasteiger partial charge in [-0.1, -0.05) is 19.4 Å². The zero-order chi connectivity index (χ0) is 12.3. The molecule has 0 spiro atoms. The van der Waals surface area contributed by atoms with Gasteiger partial charge in [0, 0.05) is 17.5 Å². The van der Waals surface area contributed by atoms with Crippen molar-refractivity contribution in [2.75, 3.05) is 13.1 Å². The summed E-state index contributed by atoms with van der Waals surface area (Å²) in [5, 5.41) is 2.16. The predicted molar refractivity (Wildman–Crippen MR) is 75.3 cm³/mol. The summed E-state index contributed by atoms with van der Waals surface area (Å²) < 4.78 is 0. The Hall–Kier alpha value is -0.380. The van der Waals surface area contributed by atoms with Gasteiger partial charge in [-0.3, -0.25) is 4.90 Å². The summed E-state index contributed by atoms with van der Waals surface area (Å²) in [6, 6.07) is 5.00. The second kappa shape index (κ2) is 5.98. The molecular weight excluding hydrogens is 228 g/mol. The number of rotatable bonds is 4. The first kappa shape index (κ1) is 13.1. The van der Waals surface area contributed by atoms with Crippen LogP contribution in [0.1, 0.15) is 44.0 Å². The zero-order valence-corrected chi connectivity index (χ0v) is 11.7. The van der Waals surface area contributed by atoms with Crippen LogP contribution < -0.4 is 5.73 Å². The Labute approximate surface area is 109 Å². The SMILES string of the molecule is CCC1CCCN(C(c2cccs2)C(C)N)C1. The monoisotopic (exact) mass is 252 g/mol.